The van der Waals surface area contributed by atoms with Crippen LogP contribution in [-0.4, -0.2) is 0 Å². The summed E-state index contributed by atoms with van der Waals surface area (Å²) in [5.74, 6) is 1.79. The second-order valence-electron chi connectivity index (χ2n) is 4.07. The summed E-state index contributed by atoms with van der Waals surface area (Å²) in [4.78, 5) is 0. The van der Waals surface area contributed by atoms with Crippen LogP contribution in [-0.2, 0) is 0 Å². The van der Waals surface area contributed by atoms with E-state index < -0.39 is 0 Å². The summed E-state index contributed by atoms with van der Waals surface area (Å²) in [5, 5.41) is 0. The molecule has 0 radical (unpaired) electrons. The highest BCUT2D eigenvalue weighted by Crippen LogP contribution is 2.17. The molecule has 0 aromatic heterocycles. The van der Waals surface area contributed by atoms with Gasteiger partial charge in [-0.05, 0) is 11.8 Å². The molecule has 1 unspecified atom stereocenters. The molecule has 0 nitrogen and oxygen atoms in total. The van der Waals surface area contributed by atoms with E-state index in [4.69, 9.17) is 0 Å². The normalized spacial score (nSPS) is 13.9. The molecule has 0 saturated carbocycles. The molecule has 0 heterocycles. The lowest BCUT2D eigenvalue weighted by atomic mass is 9.92. The maximum absolute atomic E-state index is 2.37. The average Bonchev–Trinajstić information content (AvgIpc) is 1.97. The molecule has 0 aromatic carbocycles. The molecular formula is C11H24. The molecule has 0 aliphatic rings. The first-order chi connectivity index (χ1) is 5.18. The van der Waals surface area contributed by atoms with E-state index in [0.717, 1.165) is 11.8 Å². The first-order valence-corrected chi connectivity index (χ1v) is 5.18. The van der Waals surface area contributed by atoms with E-state index in [-0.39, 0.29) is 0 Å². The molecule has 0 saturated heterocycles. The molecule has 0 spiro atoms. The third kappa shape index (κ3) is 6.40. The third-order valence-corrected chi connectivity index (χ3v) is 2.65. The summed E-state index contributed by atoms with van der Waals surface area (Å²) in [5.41, 5.74) is 0. The highest BCUT2D eigenvalue weighted by molar-refractivity contribution is 4.56. The first kappa shape index (κ1) is 11.0. The predicted molar refractivity (Wildman–Crippen MR) is 52.8 cm³/mol. The molecule has 0 heteroatoms. The fourth-order valence-corrected chi connectivity index (χ4v) is 1.23. The Morgan fingerprint density at radius 2 is 1.55 bits per heavy atom. The van der Waals surface area contributed by atoms with Crippen LogP contribution in [0.25, 0.3) is 0 Å². The Morgan fingerprint density at radius 3 is 2.00 bits per heavy atom. The second kappa shape index (κ2) is 6.69. The SMILES string of the molecule is CCCCCCC(C)C(C)C. The summed E-state index contributed by atoms with van der Waals surface area (Å²) >= 11 is 0. The Labute approximate surface area is 72.4 Å². The van der Waals surface area contributed by atoms with Gasteiger partial charge in [0.25, 0.3) is 0 Å². The van der Waals surface area contributed by atoms with Crippen molar-refractivity contribution in [3.63, 3.8) is 0 Å². The second-order valence-corrected chi connectivity index (χ2v) is 4.07. The number of hydrogen-bond donors (Lipinski definition) is 0. The monoisotopic (exact) mass is 156 g/mol. The molecule has 0 aliphatic heterocycles. The van der Waals surface area contributed by atoms with Crippen molar-refractivity contribution in [2.75, 3.05) is 0 Å². The van der Waals surface area contributed by atoms with Gasteiger partial charge in [0.2, 0.25) is 0 Å². The number of rotatable bonds is 6. The zero-order valence-corrected chi connectivity index (χ0v) is 8.69. The summed E-state index contributed by atoms with van der Waals surface area (Å²) in [6.45, 7) is 9.29. The largest absolute Gasteiger partial charge is 0.0654 e. The molecule has 1 atom stereocenters. The third-order valence-electron chi connectivity index (χ3n) is 2.65. The number of unbranched alkanes of at least 4 members (excludes halogenated alkanes) is 3. The Hall–Kier alpha value is 0. The van der Waals surface area contributed by atoms with Gasteiger partial charge in [-0.25, -0.2) is 0 Å². The predicted octanol–water partition coefficient (Wildman–Crippen LogP) is 4.25. The maximum Gasteiger partial charge on any atom is -0.0420 e. The zero-order valence-electron chi connectivity index (χ0n) is 8.69. The molecule has 0 N–H and O–H groups in total. The Balaban J connectivity index is 3.10. The minimum Gasteiger partial charge on any atom is -0.0654 e. The van der Waals surface area contributed by atoms with Crippen LogP contribution in [0.15, 0.2) is 0 Å². The van der Waals surface area contributed by atoms with Gasteiger partial charge in [0, 0.05) is 0 Å². The molecule has 0 bridgehead atoms. The minimum absolute atomic E-state index is 0.872. The van der Waals surface area contributed by atoms with Crippen molar-refractivity contribution in [2.24, 2.45) is 11.8 Å². The average molecular weight is 156 g/mol. The van der Waals surface area contributed by atoms with E-state index in [1.54, 1.807) is 0 Å². The van der Waals surface area contributed by atoms with Crippen LogP contribution in [0, 0.1) is 11.8 Å². The lowest BCUT2D eigenvalue weighted by Crippen LogP contribution is -2.03. The zero-order chi connectivity index (χ0) is 8.69. The summed E-state index contributed by atoms with van der Waals surface area (Å²) in [6.07, 6.45) is 7.08. The highest BCUT2D eigenvalue weighted by atomic mass is 14.1. The van der Waals surface area contributed by atoms with Crippen molar-refractivity contribution in [3.05, 3.63) is 0 Å². The van der Waals surface area contributed by atoms with Crippen LogP contribution in [0.1, 0.15) is 59.8 Å². The Kier molecular flexibility index (Phi) is 6.69. The van der Waals surface area contributed by atoms with Gasteiger partial charge >= 0.3 is 0 Å². The molecule has 11 heavy (non-hydrogen) atoms. The molecule has 0 aromatic rings. The van der Waals surface area contributed by atoms with Gasteiger partial charge in [-0.15, -0.1) is 0 Å². The first-order valence-electron chi connectivity index (χ1n) is 5.18. The van der Waals surface area contributed by atoms with Gasteiger partial charge in [0.1, 0.15) is 0 Å². The van der Waals surface area contributed by atoms with Crippen molar-refractivity contribution >= 4 is 0 Å². The maximum atomic E-state index is 2.37. The fourth-order valence-electron chi connectivity index (χ4n) is 1.23. The van der Waals surface area contributed by atoms with E-state index in [9.17, 15) is 0 Å². The van der Waals surface area contributed by atoms with E-state index >= 15 is 0 Å². The van der Waals surface area contributed by atoms with Crippen LogP contribution in [0.3, 0.4) is 0 Å². The van der Waals surface area contributed by atoms with Gasteiger partial charge in [0.15, 0.2) is 0 Å². The van der Waals surface area contributed by atoms with Gasteiger partial charge in [-0.3, -0.25) is 0 Å². The molecule has 0 amide bonds. The van der Waals surface area contributed by atoms with Crippen LogP contribution < -0.4 is 0 Å². The van der Waals surface area contributed by atoms with E-state index in [0.29, 0.717) is 0 Å². The molecule has 0 rings (SSSR count). The molecule has 68 valence electrons. The quantitative estimate of drug-likeness (QED) is 0.504. The van der Waals surface area contributed by atoms with E-state index in [1.165, 1.54) is 32.1 Å². The minimum atomic E-state index is 0.872. The lowest BCUT2D eigenvalue weighted by Gasteiger charge is -2.14. The van der Waals surface area contributed by atoms with Crippen molar-refractivity contribution in [3.8, 4) is 0 Å². The van der Waals surface area contributed by atoms with Crippen LogP contribution in [0.2, 0.25) is 0 Å². The summed E-state index contributed by atoms with van der Waals surface area (Å²) in [7, 11) is 0. The fraction of sp³-hybridized carbons (Fsp3) is 1.00. The van der Waals surface area contributed by atoms with Crippen LogP contribution in [0.4, 0.5) is 0 Å². The van der Waals surface area contributed by atoms with Crippen molar-refractivity contribution < 1.29 is 0 Å². The molecular weight excluding hydrogens is 132 g/mol. The molecule has 0 fully saturated rings. The number of hydrogen-bond acceptors (Lipinski definition) is 0. The Bertz CT molecular complexity index is 74.1. The topological polar surface area (TPSA) is 0 Å². The van der Waals surface area contributed by atoms with Crippen molar-refractivity contribution in [2.45, 2.75) is 59.8 Å². The van der Waals surface area contributed by atoms with Gasteiger partial charge in [-0.2, -0.15) is 0 Å². The smallest absolute Gasteiger partial charge is 0.0420 e. The highest BCUT2D eigenvalue weighted by Gasteiger charge is 2.05. The van der Waals surface area contributed by atoms with Crippen LogP contribution >= 0.6 is 0 Å². The summed E-state index contributed by atoms with van der Waals surface area (Å²) < 4.78 is 0. The Morgan fingerprint density at radius 1 is 0.909 bits per heavy atom. The van der Waals surface area contributed by atoms with Gasteiger partial charge < -0.3 is 0 Å². The van der Waals surface area contributed by atoms with Crippen LogP contribution in [0.5, 0.6) is 0 Å². The van der Waals surface area contributed by atoms with Gasteiger partial charge in [-0.1, -0.05) is 59.8 Å². The van der Waals surface area contributed by atoms with E-state index in [1.807, 2.05) is 0 Å². The summed E-state index contributed by atoms with van der Waals surface area (Å²) in [6, 6.07) is 0. The van der Waals surface area contributed by atoms with Gasteiger partial charge in [0.05, 0.1) is 0 Å². The molecule has 0 aliphatic carbocycles. The lowest BCUT2D eigenvalue weighted by molar-refractivity contribution is 0.376. The standard InChI is InChI=1S/C11H24/c1-5-6-7-8-9-11(4)10(2)3/h10-11H,5-9H2,1-4H3. The van der Waals surface area contributed by atoms with Crippen molar-refractivity contribution in [1.29, 1.82) is 0 Å². The van der Waals surface area contributed by atoms with E-state index in [2.05, 4.69) is 27.7 Å². The van der Waals surface area contributed by atoms with Crippen molar-refractivity contribution in [1.82, 2.24) is 0 Å².